The first kappa shape index (κ1) is 10.9. The van der Waals surface area contributed by atoms with Crippen molar-refractivity contribution in [3.63, 3.8) is 0 Å². The second kappa shape index (κ2) is 4.94. The van der Waals surface area contributed by atoms with Crippen LogP contribution in [0.25, 0.3) is 0 Å². The molecule has 0 atom stereocenters. The number of carbonyl (C=O) groups excluding carboxylic acids is 1. The van der Waals surface area contributed by atoms with Crippen LogP contribution in [0.3, 0.4) is 0 Å². The number of rotatable bonds is 4. The van der Waals surface area contributed by atoms with Crippen LogP contribution in [0.15, 0.2) is 18.3 Å². The Morgan fingerprint density at radius 2 is 2.44 bits per heavy atom. The zero-order valence-electron chi connectivity index (χ0n) is 9.19. The van der Waals surface area contributed by atoms with Crippen molar-refractivity contribution in [2.75, 3.05) is 20.2 Å². The highest BCUT2D eigenvalue weighted by molar-refractivity contribution is 5.79. The van der Waals surface area contributed by atoms with E-state index in [-0.39, 0.29) is 11.8 Å². The molecule has 0 spiro atoms. The van der Waals surface area contributed by atoms with Crippen molar-refractivity contribution in [2.45, 2.75) is 6.54 Å². The Labute approximate surface area is 94.2 Å². The van der Waals surface area contributed by atoms with Gasteiger partial charge in [-0.25, -0.2) is 4.98 Å². The molecule has 5 heteroatoms. The normalized spacial score (nSPS) is 15.3. The van der Waals surface area contributed by atoms with Crippen LogP contribution in [-0.4, -0.2) is 31.1 Å². The van der Waals surface area contributed by atoms with Gasteiger partial charge in [0.1, 0.15) is 0 Å². The van der Waals surface area contributed by atoms with E-state index >= 15 is 0 Å². The number of carbonyl (C=O) groups is 1. The topological polar surface area (TPSA) is 63.2 Å². The summed E-state index contributed by atoms with van der Waals surface area (Å²) in [4.78, 5) is 15.6. The third kappa shape index (κ3) is 2.49. The number of amides is 1. The molecule has 86 valence electrons. The average molecular weight is 221 g/mol. The fourth-order valence-electron chi connectivity index (χ4n) is 1.44. The number of pyridine rings is 1. The van der Waals surface area contributed by atoms with Gasteiger partial charge in [0.05, 0.1) is 13.0 Å². The molecule has 1 fully saturated rings. The summed E-state index contributed by atoms with van der Waals surface area (Å²) < 4.78 is 4.95. The lowest BCUT2D eigenvalue weighted by molar-refractivity contribution is -0.126. The average Bonchev–Trinajstić information content (AvgIpc) is 2.25. The smallest absolute Gasteiger partial charge is 0.225 e. The maximum Gasteiger partial charge on any atom is 0.225 e. The summed E-state index contributed by atoms with van der Waals surface area (Å²) >= 11 is 0. The van der Waals surface area contributed by atoms with E-state index in [2.05, 4.69) is 15.6 Å². The van der Waals surface area contributed by atoms with E-state index in [9.17, 15) is 4.79 Å². The quantitative estimate of drug-likeness (QED) is 0.747. The maximum atomic E-state index is 11.5. The van der Waals surface area contributed by atoms with E-state index in [1.807, 2.05) is 6.07 Å². The predicted molar refractivity (Wildman–Crippen MR) is 59.0 cm³/mol. The molecule has 1 aromatic heterocycles. The summed E-state index contributed by atoms with van der Waals surface area (Å²) in [6.07, 6.45) is 1.71. The van der Waals surface area contributed by atoms with Crippen LogP contribution in [-0.2, 0) is 11.3 Å². The van der Waals surface area contributed by atoms with Gasteiger partial charge >= 0.3 is 0 Å². The van der Waals surface area contributed by atoms with Crippen LogP contribution in [0.1, 0.15) is 5.56 Å². The van der Waals surface area contributed by atoms with Crippen molar-refractivity contribution in [2.24, 2.45) is 5.92 Å². The van der Waals surface area contributed by atoms with Crippen molar-refractivity contribution in [3.05, 3.63) is 23.9 Å². The van der Waals surface area contributed by atoms with Gasteiger partial charge in [-0.1, -0.05) is 6.07 Å². The Hall–Kier alpha value is -1.62. The molecule has 0 bridgehead atoms. The molecule has 2 heterocycles. The summed E-state index contributed by atoms with van der Waals surface area (Å²) in [7, 11) is 1.58. The second-order valence-corrected chi connectivity index (χ2v) is 3.78. The molecule has 1 amide bonds. The van der Waals surface area contributed by atoms with Crippen molar-refractivity contribution in [1.29, 1.82) is 0 Å². The largest absolute Gasteiger partial charge is 0.481 e. The fraction of sp³-hybridized carbons (Fsp3) is 0.455. The lowest BCUT2D eigenvalue weighted by atomic mass is 10.0. The summed E-state index contributed by atoms with van der Waals surface area (Å²) in [5.74, 6) is 0.819. The number of nitrogens with zero attached hydrogens (tertiary/aromatic N) is 1. The Bertz CT molecular complexity index is 360. The zero-order valence-corrected chi connectivity index (χ0v) is 9.19. The van der Waals surface area contributed by atoms with E-state index in [0.29, 0.717) is 12.4 Å². The maximum absolute atomic E-state index is 11.5. The van der Waals surface area contributed by atoms with Crippen molar-refractivity contribution in [3.8, 4) is 5.88 Å². The monoisotopic (exact) mass is 221 g/mol. The van der Waals surface area contributed by atoms with Crippen LogP contribution >= 0.6 is 0 Å². The molecule has 1 aliphatic rings. The summed E-state index contributed by atoms with van der Waals surface area (Å²) in [6.45, 7) is 2.09. The van der Waals surface area contributed by atoms with E-state index in [0.717, 1.165) is 18.7 Å². The van der Waals surface area contributed by atoms with Crippen LogP contribution in [0, 0.1) is 5.92 Å². The third-order valence-corrected chi connectivity index (χ3v) is 2.63. The van der Waals surface area contributed by atoms with Crippen LogP contribution in [0.5, 0.6) is 5.88 Å². The van der Waals surface area contributed by atoms with Gasteiger partial charge in [0.15, 0.2) is 0 Å². The molecule has 0 saturated carbocycles. The standard InChI is InChI=1S/C11H15N3O2/c1-16-10-3-2-8(4-13-10)5-14-11(15)9-6-12-7-9/h2-4,9,12H,5-7H2,1H3,(H,14,15). The number of aromatic nitrogens is 1. The highest BCUT2D eigenvalue weighted by atomic mass is 16.5. The zero-order chi connectivity index (χ0) is 11.4. The number of methoxy groups -OCH3 is 1. The first-order chi connectivity index (χ1) is 7.79. The molecular formula is C11H15N3O2. The van der Waals surface area contributed by atoms with Crippen LogP contribution < -0.4 is 15.4 Å². The second-order valence-electron chi connectivity index (χ2n) is 3.78. The predicted octanol–water partition coefficient (Wildman–Crippen LogP) is -0.0742. The van der Waals surface area contributed by atoms with E-state index in [1.165, 1.54) is 0 Å². The highest BCUT2D eigenvalue weighted by Gasteiger charge is 2.24. The molecule has 2 rings (SSSR count). The van der Waals surface area contributed by atoms with E-state index in [1.54, 1.807) is 19.4 Å². The molecule has 1 aromatic rings. The first-order valence-corrected chi connectivity index (χ1v) is 5.27. The van der Waals surface area contributed by atoms with Crippen molar-refractivity contribution >= 4 is 5.91 Å². The van der Waals surface area contributed by atoms with Gasteiger partial charge in [-0.3, -0.25) is 4.79 Å². The van der Waals surface area contributed by atoms with Gasteiger partial charge in [-0.05, 0) is 5.56 Å². The Morgan fingerprint density at radius 1 is 1.62 bits per heavy atom. The van der Waals surface area contributed by atoms with Gasteiger partial charge in [-0.15, -0.1) is 0 Å². The molecule has 0 unspecified atom stereocenters. The molecule has 5 nitrogen and oxygen atoms in total. The molecule has 1 aliphatic heterocycles. The third-order valence-electron chi connectivity index (χ3n) is 2.63. The molecular weight excluding hydrogens is 206 g/mol. The van der Waals surface area contributed by atoms with Crippen LogP contribution in [0.4, 0.5) is 0 Å². The summed E-state index contributed by atoms with van der Waals surface area (Å²) in [6, 6.07) is 3.68. The lowest BCUT2D eigenvalue weighted by Gasteiger charge is -2.25. The fourth-order valence-corrected chi connectivity index (χ4v) is 1.44. The first-order valence-electron chi connectivity index (χ1n) is 5.27. The number of ether oxygens (including phenoxy) is 1. The molecule has 0 aromatic carbocycles. The molecule has 0 aliphatic carbocycles. The summed E-state index contributed by atoms with van der Waals surface area (Å²) in [5.41, 5.74) is 0.974. The minimum Gasteiger partial charge on any atom is -0.481 e. The molecule has 1 saturated heterocycles. The minimum atomic E-state index is 0.106. The molecule has 16 heavy (non-hydrogen) atoms. The van der Waals surface area contributed by atoms with Gasteiger partial charge in [0, 0.05) is 31.9 Å². The number of nitrogens with one attached hydrogen (secondary N) is 2. The van der Waals surface area contributed by atoms with Crippen LogP contribution in [0.2, 0.25) is 0 Å². The molecule has 2 N–H and O–H groups in total. The van der Waals surface area contributed by atoms with Crippen molar-refractivity contribution in [1.82, 2.24) is 15.6 Å². The van der Waals surface area contributed by atoms with E-state index in [4.69, 9.17) is 4.74 Å². The van der Waals surface area contributed by atoms with Gasteiger partial charge in [0.2, 0.25) is 11.8 Å². The Morgan fingerprint density at radius 3 is 2.94 bits per heavy atom. The Balaban J connectivity index is 1.81. The summed E-state index contributed by atoms with van der Waals surface area (Å²) in [5, 5.41) is 5.94. The van der Waals surface area contributed by atoms with Gasteiger partial charge in [0.25, 0.3) is 0 Å². The lowest BCUT2D eigenvalue weighted by Crippen LogP contribution is -2.50. The minimum absolute atomic E-state index is 0.106. The number of hydrogen-bond acceptors (Lipinski definition) is 4. The van der Waals surface area contributed by atoms with Gasteiger partial charge < -0.3 is 15.4 Å². The van der Waals surface area contributed by atoms with Crippen molar-refractivity contribution < 1.29 is 9.53 Å². The molecule has 0 radical (unpaired) electrons. The van der Waals surface area contributed by atoms with Gasteiger partial charge in [-0.2, -0.15) is 0 Å². The Kier molecular flexibility index (Phi) is 3.36. The highest BCUT2D eigenvalue weighted by Crippen LogP contribution is 2.07. The number of hydrogen-bond donors (Lipinski definition) is 2. The SMILES string of the molecule is COc1ccc(CNC(=O)C2CNC2)cn1. The van der Waals surface area contributed by atoms with E-state index < -0.39 is 0 Å².